The Bertz CT molecular complexity index is 253. The topological polar surface area (TPSA) is 32.3 Å². The van der Waals surface area contributed by atoms with E-state index in [0.29, 0.717) is 6.04 Å². The van der Waals surface area contributed by atoms with Crippen LogP contribution in [0.5, 0.6) is 0 Å². The van der Waals surface area contributed by atoms with Gasteiger partial charge in [0.25, 0.3) is 0 Å². The molecule has 1 rings (SSSR count). The van der Waals surface area contributed by atoms with E-state index in [1.165, 1.54) is 0 Å². The zero-order valence-corrected chi connectivity index (χ0v) is 8.14. The third kappa shape index (κ3) is 2.98. The van der Waals surface area contributed by atoms with E-state index in [0.717, 1.165) is 30.5 Å². The number of rotatable bonds is 3. The zero-order valence-electron chi connectivity index (χ0n) is 8.14. The minimum absolute atomic E-state index is 0.216. The van der Waals surface area contributed by atoms with Crippen molar-refractivity contribution in [2.45, 2.75) is 32.2 Å². The van der Waals surface area contributed by atoms with E-state index in [9.17, 15) is 0 Å². The van der Waals surface area contributed by atoms with Crippen molar-refractivity contribution in [2.75, 3.05) is 0 Å². The van der Waals surface area contributed by atoms with Gasteiger partial charge in [-0.1, -0.05) is 19.2 Å². The second-order valence-corrected chi connectivity index (χ2v) is 3.57. The van der Waals surface area contributed by atoms with Crippen LogP contribution in [0.1, 0.15) is 26.2 Å². The van der Waals surface area contributed by atoms with Gasteiger partial charge in [-0.05, 0) is 31.8 Å². The molecule has 0 saturated heterocycles. The van der Waals surface area contributed by atoms with Gasteiger partial charge in [0.2, 0.25) is 0 Å². The molecule has 2 N–H and O–H groups in total. The normalized spacial score (nSPS) is 21.9. The molecule has 2 heteroatoms. The molecule has 0 fully saturated rings. The van der Waals surface area contributed by atoms with Crippen LogP contribution in [0.25, 0.3) is 0 Å². The lowest BCUT2D eigenvalue weighted by Gasteiger charge is -2.23. The van der Waals surface area contributed by atoms with Crippen LogP contribution in [-0.2, 0) is 0 Å². The number of aliphatic hydroxyl groups is 1. The van der Waals surface area contributed by atoms with Gasteiger partial charge in [0.1, 0.15) is 5.76 Å². The van der Waals surface area contributed by atoms with Crippen LogP contribution in [0.3, 0.4) is 0 Å². The highest BCUT2D eigenvalue weighted by Crippen LogP contribution is 2.22. The highest BCUT2D eigenvalue weighted by molar-refractivity contribution is 5.24. The van der Waals surface area contributed by atoms with Crippen LogP contribution in [0.15, 0.2) is 36.3 Å². The Labute approximate surface area is 79.7 Å². The number of hydrogen-bond acceptors (Lipinski definition) is 2. The standard InChI is InChI=1S/C11H17NO/c1-8(2)12-11-6-4-10(5-7-11)9(3)13/h4,11-13H,1,3,5-7H2,2H3. The van der Waals surface area contributed by atoms with E-state index in [4.69, 9.17) is 5.11 Å². The van der Waals surface area contributed by atoms with Crippen molar-refractivity contribution in [3.63, 3.8) is 0 Å². The molecule has 0 aromatic carbocycles. The van der Waals surface area contributed by atoms with Crippen LogP contribution in [-0.4, -0.2) is 11.1 Å². The molecular formula is C11H17NO. The van der Waals surface area contributed by atoms with Crippen molar-refractivity contribution in [1.29, 1.82) is 0 Å². The van der Waals surface area contributed by atoms with E-state index in [-0.39, 0.29) is 5.76 Å². The molecule has 0 amide bonds. The first-order valence-electron chi connectivity index (χ1n) is 4.59. The van der Waals surface area contributed by atoms with E-state index >= 15 is 0 Å². The van der Waals surface area contributed by atoms with E-state index in [1.54, 1.807) is 0 Å². The van der Waals surface area contributed by atoms with Crippen molar-refractivity contribution in [1.82, 2.24) is 5.32 Å². The summed E-state index contributed by atoms with van der Waals surface area (Å²) in [6.45, 7) is 9.28. The molecule has 2 nitrogen and oxygen atoms in total. The summed E-state index contributed by atoms with van der Waals surface area (Å²) in [5.41, 5.74) is 1.99. The van der Waals surface area contributed by atoms with E-state index in [2.05, 4.69) is 18.5 Å². The maximum Gasteiger partial charge on any atom is 0.111 e. The molecule has 0 heterocycles. The summed E-state index contributed by atoms with van der Waals surface area (Å²) in [6.07, 6.45) is 4.94. The van der Waals surface area contributed by atoms with Gasteiger partial charge in [0.05, 0.1) is 0 Å². The smallest absolute Gasteiger partial charge is 0.111 e. The number of nitrogens with one attached hydrogen (secondary N) is 1. The average Bonchev–Trinajstić information content (AvgIpc) is 2.04. The van der Waals surface area contributed by atoms with Crippen LogP contribution in [0.4, 0.5) is 0 Å². The van der Waals surface area contributed by atoms with Gasteiger partial charge in [0, 0.05) is 11.7 Å². The molecule has 1 aliphatic carbocycles. The summed E-state index contributed by atoms with van der Waals surface area (Å²) < 4.78 is 0. The van der Waals surface area contributed by atoms with Gasteiger partial charge >= 0.3 is 0 Å². The summed E-state index contributed by atoms with van der Waals surface area (Å²) in [5, 5.41) is 12.4. The molecule has 0 aromatic heterocycles. The Morgan fingerprint density at radius 3 is 2.69 bits per heavy atom. The molecule has 72 valence electrons. The molecule has 0 radical (unpaired) electrons. The first-order chi connectivity index (χ1) is 6.09. The monoisotopic (exact) mass is 179 g/mol. The maximum atomic E-state index is 9.14. The predicted molar refractivity (Wildman–Crippen MR) is 55.4 cm³/mol. The molecular weight excluding hydrogens is 162 g/mol. The molecule has 0 spiro atoms. The average molecular weight is 179 g/mol. The van der Waals surface area contributed by atoms with Crippen LogP contribution < -0.4 is 5.32 Å². The Hall–Kier alpha value is -1.18. The second kappa shape index (κ2) is 4.17. The Morgan fingerprint density at radius 2 is 2.31 bits per heavy atom. The van der Waals surface area contributed by atoms with E-state index in [1.807, 2.05) is 13.0 Å². The van der Waals surface area contributed by atoms with Crippen molar-refractivity contribution >= 4 is 0 Å². The Kier molecular flexibility index (Phi) is 3.18. The lowest BCUT2D eigenvalue weighted by atomic mass is 9.94. The summed E-state index contributed by atoms with van der Waals surface area (Å²) in [4.78, 5) is 0. The van der Waals surface area contributed by atoms with Crippen LogP contribution >= 0.6 is 0 Å². The van der Waals surface area contributed by atoms with Gasteiger partial charge < -0.3 is 10.4 Å². The third-order valence-corrected chi connectivity index (χ3v) is 2.23. The van der Waals surface area contributed by atoms with Crippen LogP contribution in [0.2, 0.25) is 0 Å². The summed E-state index contributed by atoms with van der Waals surface area (Å²) in [6, 6.07) is 0.473. The highest BCUT2D eigenvalue weighted by atomic mass is 16.3. The van der Waals surface area contributed by atoms with Crippen LogP contribution in [0, 0.1) is 0 Å². The lowest BCUT2D eigenvalue weighted by Crippen LogP contribution is -2.28. The van der Waals surface area contributed by atoms with Gasteiger partial charge in [-0.25, -0.2) is 0 Å². The minimum Gasteiger partial charge on any atom is -0.508 e. The molecule has 0 aromatic rings. The van der Waals surface area contributed by atoms with Crippen molar-refractivity contribution < 1.29 is 5.11 Å². The Morgan fingerprint density at radius 1 is 1.62 bits per heavy atom. The Balaban J connectivity index is 2.46. The largest absolute Gasteiger partial charge is 0.508 e. The van der Waals surface area contributed by atoms with Crippen molar-refractivity contribution in [3.05, 3.63) is 36.3 Å². The zero-order chi connectivity index (χ0) is 9.84. The first-order valence-corrected chi connectivity index (χ1v) is 4.59. The van der Waals surface area contributed by atoms with Crippen molar-refractivity contribution in [3.8, 4) is 0 Å². The fourth-order valence-corrected chi connectivity index (χ4v) is 1.58. The predicted octanol–water partition coefficient (Wildman–Crippen LogP) is 2.66. The number of allylic oxidation sites excluding steroid dienone is 2. The fraction of sp³-hybridized carbons (Fsp3) is 0.455. The molecule has 0 aliphatic heterocycles. The minimum atomic E-state index is 0.216. The van der Waals surface area contributed by atoms with Crippen molar-refractivity contribution in [2.24, 2.45) is 0 Å². The first kappa shape index (κ1) is 9.90. The maximum absolute atomic E-state index is 9.14. The van der Waals surface area contributed by atoms with E-state index < -0.39 is 0 Å². The summed E-state index contributed by atoms with van der Waals surface area (Å²) in [7, 11) is 0. The SMILES string of the molecule is C=C(C)NC1CC=C(C(=C)O)CC1. The fourth-order valence-electron chi connectivity index (χ4n) is 1.58. The third-order valence-electron chi connectivity index (χ3n) is 2.23. The number of aliphatic hydroxyl groups excluding tert-OH is 1. The number of hydrogen-bond donors (Lipinski definition) is 2. The summed E-state index contributed by atoms with van der Waals surface area (Å²) >= 11 is 0. The second-order valence-electron chi connectivity index (χ2n) is 3.57. The molecule has 0 bridgehead atoms. The molecule has 1 unspecified atom stereocenters. The molecule has 1 atom stereocenters. The lowest BCUT2D eigenvalue weighted by molar-refractivity contribution is 0.409. The van der Waals surface area contributed by atoms with Gasteiger partial charge in [-0.2, -0.15) is 0 Å². The van der Waals surface area contributed by atoms with Gasteiger partial charge in [0.15, 0.2) is 0 Å². The molecule has 13 heavy (non-hydrogen) atoms. The summed E-state index contributed by atoms with van der Waals surface area (Å²) in [5.74, 6) is 0.216. The van der Waals surface area contributed by atoms with Gasteiger partial charge in [-0.3, -0.25) is 0 Å². The quantitative estimate of drug-likeness (QED) is 0.653. The highest BCUT2D eigenvalue weighted by Gasteiger charge is 2.14. The molecule has 1 aliphatic rings. The molecule has 0 saturated carbocycles. The van der Waals surface area contributed by atoms with Gasteiger partial charge in [-0.15, -0.1) is 0 Å².